The smallest absolute Gasteiger partial charge is 0.248 e. The quantitative estimate of drug-likeness (QED) is 0.716. The monoisotopic (exact) mass is 242 g/mol. The Kier molecular flexibility index (Phi) is 6.52. The highest BCUT2D eigenvalue weighted by Crippen LogP contribution is 2.15. The predicted octanol–water partition coefficient (Wildman–Crippen LogP) is 1.40. The first-order chi connectivity index (χ1) is 8.15. The van der Waals surface area contributed by atoms with Crippen molar-refractivity contribution in [3.8, 4) is 0 Å². The summed E-state index contributed by atoms with van der Waals surface area (Å²) in [4.78, 5) is 14.0. The van der Waals surface area contributed by atoms with Crippen LogP contribution < -0.4 is 5.32 Å². The van der Waals surface area contributed by atoms with Gasteiger partial charge in [0.25, 0.3) is 0 Å². The van der Waals surface area contributed by atoms with Gasteiger partial charge in [0.15, 0.2) is 0 Å². The average Bonchev–Trinajstić information content (AvgIpc) is 2.35. The van der Waals surface area contributed by atoms with Crippen LogP contribution in [0.25, 0.3) is 0 Å². The molecule has 0 aliphatic carbocycles. The van der Waals surface area contributed by atoms with Crippen molar-refractivity contribution in [3.05, 3.63) is 0 Å². The number of rotatable bonds is 6. The Morgan fingerprint density at radius 1 is 1.53 bits per heavy atom. The first kappa shape index (κ1) is 14.5. The van der Waals surface area contributed by atoms with Crippen molar-refractivity contribution in [3.63, 3.8) is 0 Å². The molecule has 0 saturated carbocycles. The molecule has 4 heteroatoms. The number of nitrogens with zero attached hydrogens (tertiary/aromatic N) is 1. The van der Waals surface area contributed by atoms with E-state index >= 15 is 0 Å². The number of ether oxygens (including phenoxy) is 1. The minimum Gasteiger partial charge on any atom is -0.372 e. The normalized spacial score (nSPS) is 23.4. The zero-order chi connectivity index (χ0) is 12.7. The fourth-order valence-corrected chi connectivity index (χ4v) is 2.23. The van der Waals surface area contributed by atoms with Gasteiger partial charge in [0, 0.05) is 26.2 Å². The molecule has 0 radical (unpaired) electrons. The number of hydrogen-bond donors (Lipinski definition) is 1. The molecule has 1 fully saturated rings. The largest absolute Gasteiger partial charge is 0.372 e. The highest BCUT2D eigenvalue weighted by Gasteiger charge is 2.17. The van der Waals surface area contributed by atoms with Gasteiger partial charge in [-0.05, 0) is 39.7 Å². The van der Waals surface area contributed by atoms with E-state index in [-0.39, 0.29) is 12.0 Å². The van der Waals surface area contributed by atoms with Crippen molar-refractivity contribution in [2.24, 2.45) is 0 Å². The van der Waals surface area contributed by atoms with Gasteiger partial charge in [0.2, 0.25) is 5.91 Å². The molecule has 17 heavy (non-hydrogen) atoms. The SMILES string of the molecule is COC(C)C(=O)NCCCN1CCCCC1C. The summed E-state index contributed by atoms with van der Waals surface area (Å²) < 4.78 is 4.95. The van der Waals surface area contributed by atoms with Gasteiger partial charge >= 0.3 is 0 Å². The van der Waals surface area contributed by atoms with Crippen LogP contribution in [0.15, 0.2) is 0 Å². The molecule has 1 amide bonds. The lowest BCUT2D eigenvalue weighted by Crippen LogP contribution is -2.40. The van der Waals surface area contributed by atoms with Crippen LogP contribution in [0.2, 0.25) is 0 Å². The van der Waals surface area contributed by atoms with Crippen molar-refractivity contribution in [2.75, 3.05) is 26.7 Å². The third-order valence-electron chi connectivity index (χ3n) is 3.58. The van der Waals surface area contributed by atoms with Gasteiger partial charge < -0.3 is 15.0 Å². The second-order valence-corrected chi connectivity index (χ2v) is 4.90. The van der Waals surface area contributed by atoms with Crippen molar-refractivity contribution in [1.82, 2.24) is 10.2 Å². The number of methoxy groups -OCH3 is 1. The Balaban J connectivity index is 2.09. The van der Waals surface area contributed by atoms with Crippen molar-refractivity contribution in [1.29, 1.82) is 0 Å². The lowest BCUT2D eigenvalue weighted by atomic mass is 10.0. The number of hydrogen-bond acceptors (Lipinski definition) is 3. The minimum absolute atomic E-state index is 0.0146. The van der Waals surface area contributed by atoms with Gasteiger partial charge in [-0.15, -0.1) is 0 Å². The molecule has 1 N–H and O–H groups in total. The summed E-state index contributed by atoms with van der Waals surface area (Å²) >= 11 is 0. The summed E-state index contributed by atoms with van der Waals surface area (Å²) in [7, 11) is 1.56. The molecule has 0 aromatic heterocycles. The highest BCUT2D eigenvalue weighted by molar-refractivity contribution is 5.80. The molecule has 1 aliphatic heterocycles. The molecule has 2 atom stereocenters. The Bertz CT molecular complexity index is 233. The van der Waals surface area contributed by atoms with Crippen LogP contribution in [0.4, 0.5) is 0 Å². The Hall–Kier alpha value is -0.610. The molecular weight excluding hydrogens is 216 g/mol. The Morgan fingerprint density at radius 2 is 2.29 bits per heavy atom. The van der Waals surface area contributed by atoms with Crippen molar-refractivity contribution < 1.29 is 9.53 Å². The standard InChI is InChI=1S/C13H26N2O2/c1-11-7-4-5-9-15(11)10-6-8-14-13(16)12(2)17-3/h11-12H,4-10H2,1-3H3,(H,14,16). The van der Waals surface area contributed by atoms with E-state index in [1.807, 2.05) is 0 Å². The lowest BCUT2D eigenvalue weighted by molar-refractivity contribution is -0.130. The van der Waals surface area contributed by atoms with Gasteiger partial charge in [0.1, 0.15) is 6.10 Å². The van der Waals surface area contributed by atoms with E-state index in [4.69, 9.17) is 4.74 Å². The van der Waals surface area contributed by atoms with Gasteiger partial charge in [-0.3, -0.25) is 4.79 Å². The molecule has 0 aromatic rings. The first-order valence-electron chi connectivity index (χ1n) is 6.69. The molecular formula is C13H26N2O2. The second kappa shape index (κ2) is 7.67. The topological polar surface area (TPSA) is 41.6 Å². The number of amides is 1. The molecule has 0 spiro atoms. The Labute approximate surface area is 105 Å². The van der Waals surface area contributed by atoms with Crippen LogP contribution in [0, 0.1) is 0 Å². The van der Waals surface area contributed by atoms with Crippen LogP contribution in [-0.4, -0.2) is 49.7 Å². The first-order valence-corrected chi connectivity index (χ1v) is 6.69. The number of likely N-dealkylation sites (tertiary alicyclic amines) is 1. The summed E-state index contributed by atoms with van der Waals surface area (Å²) in [5.41, 5.74) is 0. The van der Waals surface area contributed by atoms with Gasteiger partial charge in [-0.2, -0.15) is 0 Å². The zero-order valence-electron chi connectivity index (χ0n) is 11.4. The number of nitrogens with one attached hydrogen (secondary N) is 1. The van der Waals surface area contributed by atoms with E-state index in [1.54, 1.807) is 14.0 Å². The molecule has 0 aromatic carbocycles. The van der Waals surface area contributed by atoms with Gasteiger partial charge in [-0.1, -0.05) is 6.42 Å². The van der Waals surface area contributed by atoms with Crippen molar-refractivity contribution >= 4 is 5.91 Å². The summed E-state index contributed by atoms with van der Waals surface area (Å²) in [6.45, 7) is 7.11. The minimum atomic E-state index is -0.344. The third-order valence-corrected chi connectivity index (χ3v) is 3.58. The fourth-order valence-electron chi connectivity index (χ4n) is 2.23. The average molecular weight is 242 g/mol. The van der Waals surface area contributed by atoms with Crippen LogP contribution in [-0.2, 0) is 9.53 Å². The van der Waals surface area contributed by atoms with Crippen molar-refractivity contribution in [2.45, 2.75) is 51.7 Å². The summed E-state index contributed by atoms with van der Waals surface area (Å²) in [6.07, 6.45) is 4.67. The van der Waals surface area contributed by atoms with Crippen LogP contribution >= 0.6 is 0 Å². The van der Waals surface area contributed by atoms with E-state index in [0.717, 1.165) is 19.5 Å². The second-order valence-electron chi connectivity index (χ2n) is 4.90. The van der Waals surface area contributed by atoms with Gasteiger partial charge in [-0.25, -0.2) is 0 Å². The maximum atomic E-state index is 11.4. The lowest BCUT2D eigenvalue weighted by Gasteiger charge is -2.33. The molecule has 1 aliphatic rings. The Morgan fingerprint density at radius 3 is 2.94 bits per heavy atom. The summed E-state index contributed by atoms with van der Waals surface area (Å²) in [6, 6.07) is 0.706. The number of piperidine rings is 1. The molecule has 0 bridgehead atoms. The van der Waals surface area contributed by atoms with Gasteiger partial charge in [0.05, 0.1) is 0 Å². The molecule has 1 rings (SSSR count). The van der Waals surface area contributed by atoms with E-state index in [0.29, 0.717) is 6.04 Å². The molecule has 4 nitrogen and oxygen atoms in total. The molecule has 1 saturated heterocycles. The third kappa shape index (κ3) is 5.04. The highest BCUT2D eigenvalue weighted by atomic mass is 16.5. The van der Waals surface area contributed by atoms with E-state index in [1.165, 1.54) is 25.8 Å². The molecule has 2 unspecified atom stereocenters. The van der Waals surface area contributed by atoms with Crippen LogP contribution in [0.5, 0.6) is 0 Å². The van der Waals surface area contributed by atoms with E-state index < -0.39 is 0 Å². The zero-order valence-corrected chi connectivity index (χ0v) is 11.4. The maximum absolute atomic E-state index is 11.4. The maximum Gasteiger partial charge on any atom is 0.248 e. The summed E-state index contributed by atoms with van der Waals surface area (Å²) in [5, 5.41) is 2.90. The van der Waals surface area contributed by atoms with E-state index in [2.05, 4.69) is 17.1 Å². The van der Waals surface area contributed by atoms with E-state index in [9.17, 15) is 4.79 Å². The van der Waals surface area contributed by atoms with Crippen LogP contribution in [0.3, 0.4) is 0 Å². The van der Waals surface area contributed by atoms with Crippen LogP contribution in [0.1, 0.15) is 39.5 Å². The number of carbonyl (C=O) groups excluding carboxylic acids is 1. The molecule has 100 valence electrons. The number of carbonyl (C=O) groups is 1. The molecule has 1 heterocycles. The predicted molar refractivity (Wildman–Crippen MR) is 69.0 cm³/mol. The fraction of sp³-hybridized carbons (Fsp3) is 0.923. The summed E-state index contributed by atoms with van der Waals surface area (Å²) in [5.74, 6) is -0.0146.